The molecule has 1 amide bonds. The van der Waals surface area contributed by atoms with E-state index in [-0.39, 0.29) is 5.91 Å². The van der Waals surface area contributed by atoms with Gasteiger partial charge in [0, 0.05) is 32.8 Å². The number of carbonyl (C=O) groups excluding carboxylic acids is 1. The van der Waals surface area contributed by atoms with Gasteiger partial charge in [0.2, 0.25) is 0 Å². The second-order valence-corrected chi connectivity index (χ2v) is 6.14. The summed E-state index contributed by atoms with van der Waals surface area (Å²) in [5.74, 6) is 0.364. The topological polar surface area (TPSA) is 71.7 Å². The second-order valence-electron chi connectivity index (χ2n) is 5.16. The van der Waals surface area contributed by atoms with E-state index in [1.807, 2.05) is 4.90 Å². The van der Waals surface area contributed by atoms with E-state index in [2.05, 4.69) is 9.88 Å². The predicted octanol–water partition coefficient (Wildman–Crippen LogP) is 1.19. The van der Waals surface area contributed by atoms with Gasteiger partial charge in [-0.15, -0.1) is 0 Å². The molecule has 3 heterocycles. The first kappa shape index (κ1) is 13.6. The van der Waals surface area contributed by atoms with Gasteiger partial charge >= 0.3 is 0 Å². The van der Waals surface area contributed by atoms with Crippen LogP contribution in [-0.2, 0) is 4.74 Å². The van der Waals surface area contributed by atoms with E-state index < -0.39 is 0 Å². The number of anilines is 2. The maximum Gasteiger partial charge on any atom is 0.267 e. The van der Waals surface area contributed by atoms with Gasteiger partial charge in [-0.2, -0.15) is 0 Å². The lowest BCUT2D eigenvalue weighted by Gasteiger charge is -2.18. The molecule has 7 heteroatoms. The highest BCUT2D eigenvalue weighted by Crippen LogP contribution is 2.31. The van der Waals surface area contributed by atoms with Gasteiger partial charge < -0.3 is 20.3 Å². The fraction of sp³-hybridized carbons (Fsp3) is 0.692. The molecule has 6 nitrogen and oxygen atoms in total. The van der Waals surface area contributed by atoms with Crippen molar-refractivity contribution >= 4 is 28.2 Å². The summed E-state index contributed by atoms with van der Waals surface area (Å²) in [6, 6.07) is 0. The van der Waals surface area contributed by atoms with Gasteiger partial charge in [-0.05, 0) is 19.3 Å². The van der Waals surface area contributed by atoms with E-state index >= 15 is 0 Å². The Morgan fingerprint density at radius 3 is 2.75 bits per heavy atom. The summed E-state index contributed by atoms with van der Waals surface area (Å²) in [6.07, 6.45) is 3.25. The second kappa shape index (κ2) is 5.97. The number of aromatic nitrogens is 1. The quantitative estimate of drug-likeness (QED) is 0.887. The van der Waals surface area contributed by atoms with Crippen molar-refractivity contribution in [2.24, 2.45) is 0 Å². The van der Waals surface area contributed by atoms with Crippen molar-refractivity contribution in [3.63, 3.8) is 0 Å². The monoisotopic (exact) mass is 296 g/mol. The Morgan fingerprint density at radius 2 is 1.95 bits per heavy atom. The molecule has 0 radical (unpaired) electrons. The van der Waals surface area contributed by atoms with Crippen molar-refractivity contribution in [1.29, 1.82) is 0 Å². The molecule has 1 aromatic rings. The zero-order valence-electron chi connectivity index (χ0n) is 11.5. The molecule has 110 valence electrons. The van der Waals surface area contributed by atoms with E-state index in [1.54, 1.807) is 0 Å². The first-order valence-electron chi connectivity index (χ1n) is 7.14. The molecule has 2 N–H and O–H groups in total. The number of ether oxygens (including phenoxy) is 1. The summed E-state index contributed by atoms with van der Waals surface area (Å²) in [7, 11) is 0. The maximum absolute atomic E-state index is 12.5. The van der Waals surface area contributed by atoms with Gasteiger partial charge in [0.05, 0.1) is 6.61 Å². The molecule has 0 bridgehead atoms. The van der Waals surface area contributed by atoms with Crippen molar-refractivity contribution < 1.29 is 9.53 Å². The highest BCUT2D eigenvalue weighted by Gasteiger charge is 2.25. The predicted molar refractivity (Wildman–Crippen MR) is 79.3 cm³/mol. The van der Waals surface area contributed by atoms with Crippen LogP contribution in [0.25, 0.3) is 0 Å². The fourth-order valence-electron chi connectivity index (χ4n) is 2.61. The summed E-state index contributed by atoms with van der Waals surface area (Å²) < 4.78 is 5.38. The number of amides is 1. The Labute approximate surface area is 122 Å². The van der Waals surface area contributed by atoms with E-state index in [4.69, 9.17) is 10.5 Å². The van der Waals surface area contributed by atoms with E-state index in [0.29, 0.717) is 23.8 Å². The normalized spacial score (nSPS) is 20.2. The van der Waals surface area contributed by atoms with Crippen molar-refractivity contribution in [3.05, 3.63) is 4.88 Å². The van der Waals surface area contributed by atoms with Gasteiger partial charge in [-0.25, -0.2) is 4.98 Å². The third-order valence-electron chi connectivity index (χ3n) is 3.72. The van der Waals surface area contributed by atoms with Crippen molar-refractivity contribution in [2.75, 3.05) is 50.0 Å². The Morgan fingerprint density at radius 1 is 1.15 bits per heavy atom. The van der Waals surface area contributed by atoms with Crippen molar-refractivity contribution in [2.45, 2.75) is 19.3 Å². The Kier molecular flexibility index (Phi) is 4.07. The molecular weight excluding hydrogens is 276 g/mol. The molecule has 20 heavy (non-hydrogen) atoms. The van der Waals surface area contributed by atoms with Crippen molar-refractivity contribution in [3.8, 4) is 0 Å². The minimum Gasteiger partial charge on any atom is -0.382 e. The van der Waals surface area contributed by atoms with Crippen LogP contribution in [0.2, 0.25) is 0 Å². The maximum atomic E-state index is 12.5. The number of thiazole rings is 1. The molecule has 0 unspecified atom stereocenters. The lowest BCUT2D eigenvalue weighted by atomic mass is 10.3. The van der Waals surface area contributed by atoms with E-state index in [9.17, 15) is 4.79 Å². The molecule has 0 spiro atoms. The molecule has 3 rings (SSSR count). The zero-order chi connectivity index (χ0) is 13.9. The number of nitrogens with zero attached hydrogens (tertiary/aromatic N) is 3. The van der Waals surface area contributed by atoms with Gasteiger partial charge in [-0.3, -0.25) is 4.79 Å². The molecular formula is C13H20N4O2S. The Balaban J connectivity index is 1.76. The number of rotatable bonds is 2. The smallest absolute Gasteiger partial charge is 0.267 e. The average Bonchev–Trinajstić information content (AvgIpc) is 3.01. The highest BCUT2D eigenvalue weighted by molar-refractivity contribution is 7.18. The molecule has 2 saturated heterocycles. The summed E-state index contributed by atoms with van der Waals surface area (Å²) in [4.78, 5) is 21.5. The lowest BCUT2D eigenvalue weighted by Crippen LogP contribution is -2.33. The van der Waals surface area contributed by atoms with Crippen LogP contribution < -0.4 is 10.6 Å². The van der Waals surface area contributed by atoms with Gasteiger partial charge in [0.1, 0.15) is 10.7 Å². The van der Waals surface area contributed by atoms with Gasteiger partial charge in [0.25, 0.3) is 5.91 Å². The Hall–Kier alpha value is -1.34. The van der Waals surface area contributed by atoms with Crippen LogP contribution >= 0.6 is 11.3 Å². The third kappa shape index (κ3) is 2.73. The Bertz CT molecular complexity index is 477. The van der Waals surface area contributed by atoms with Crippen LogP contribution in [0.4, 0.5) is 10.9 Å². The molecule has 0 aromatic carbocycles. The first-order chi connectivity index (χ1) is 9.75. The molecule has 0 aliphatic carbocycles. The van der Waals surface area contributed by atoms with Crippen LogP contribution in [0.15, 0.2) is 0 Å². The molecule has 2 fully saturated rings. The SMILES string of the molecule is Nc1nc(N2CCCC2)sc1C(=O)N1CCCOCC1. The average molecular weight is 296 g/mol. The van der Waals surface area contributed by atoms with Crippen molar-refractivity contribution in [1.82, 2.24) is 9.88 Å². The van der Waals surface area contributed by atoms with Crippen LogP contribution in [0.5, 0.6) is 0 Å². The third-order valence-corrected chi connectivity index (χ3v) is 4.84. The molecule has 1 aromatic heterocycles. The van der Waals surface area contributed by atoms with Gasteiger partial charge in [-0.1, -0.05) is 11.3 Å². The molecule has 2 aliphatic heterocycles. The van der Waals surface area contributed by atoms with E-state index in [0.717, 1.165) is 37.8 Å². The summed E-state index contributed by atoms with van der Waals surface area (Å²) in [6.45, 7) is 4.71. The summed E-state index contributed by atoms with van der Waals surface area (Å²) in [5.41, 5.74) is 5.95. The zero-order valence-corrected chi connectivity index (χ0v) is 12.3. The van der Waals surface area contributed by atoms with Crippen LogP contribution in [-0.4, -0.2) is 55.2 Å². The highest BCUT2D eigenvalue weighted by atomic mass is 32.1. The number of carbonyl (C=O) groups is 1. The summed E-state index contributed by atoms with van der Waals surface area (Å²) in [5, 5.41) is 0.884. The number of nitrogens with two attached hydrogens (primary N) is 1. The van der Waals surface area contributed by atoms with Crippen LogP contribution in [0.3, 0.4) is 0 Å². The lowest BCUT2D eigenvalue weighted by molar-refractivity contribution is 0.0747. The number of hydrogen-bond acceptors (Lipinski definition) is 6. The molecule has 0 saturated carbocycles. The fourth-order valence-corrected chi connectivity index (χ4v) is 3.61. The minimum absolute atomic E-state index is 0.00375. The molecule has 0 atom stereocenters. The van der Waals surface area contributed by atoms with Crippen LogP contribution in [0, 0.1) is 0 Å². The minimum atomic E-state index is -0.00375. The van der Waals surface area contributed by atoms with E-state index in [1.165, 1.54) is 24.2 Å². The number of nitrogen functional groups attached to an aromatic ring is 1. The molecule has 2 aliphatic rings. The summed E-state index contributed by atoms with van der Waals surface area (Å²) >= 11 is 1.42. The first-order valence-corrected chi connectivity index (χ1v) is 7.95. The number of hydrogen-bond donors (Lipinski definition) is 1. The largest absolute Gasteiger partial charge is 0.382 e. The van der Waals surface area contributed by atoms with Crippen LogP contribution in [0.1, 0.15) is 28.9 Å². The standard InChI is InChI=1S/C13H20N4O2S/c14-11-10(12(18)16-6-3-8-19-9-7-16)20-13(15-11)17-4-1-2-5-17/h1-9,14H2. The van der Waals surface area contributed by atoms with Gasteiger partial charge in [0.15, 0.2) is 5.13 Å².